The van der Waals surface area contributed by atoms with Crippen molar-refractivity contribution in [3.05, 3.63) is 57.9 Å². The van der Waals surface area contributed by atoms with Crippen molar-refractivity contribution in [1.82, 2.24) is 9.88 Å². The van der Waals surface area contributed by atoms with Crippen LogP contribution in [0.5, 0.6) is 0 Å². The van der Waals surface area contributed by atoms with Gasteiger partial charge in [0.25, 0.3) is 11.5 Å². The molecule has 1 aliphatic heterocycles. The highest BCUT2D eigenvalue weighted by Crippen LogP contribution is 2.31. The van der Waals surface area contributed by atoms with Crippen molar-refractivity contribution in [2.45, 2.75) is 13.0 Å². The standard InChI is InChI=1S/C15H16N2O3S/c1-10-4-5-13(20-10)12-9-21-8-7-17(12)15(19)11-3-2-6-16-14(11)18/h2-6,12H,7-9H2,1H3,(H,16,18). The number of hydrogen-bond acceptors (Lipinski definition) is 4. The topological polar surface area (TPSA) is 66.3 Å². The summed E-state index contributed by atoms with van der Waals surface area (Å²) >= 11 is 1.79. The number of rotatable bonds is 2. The molecule has 0 aliphatic carbocycles. The lowest BCUT2D eigenvalue weighted by Gasteiger charge is -2.34. The molecular weight excluding hydrogens is 288 g/mol. The van der Waals surface area contributed by atoms with Crippen LogP contribution in [0.3, 0.4) is 0 Å². The Hall–Kier alpha value is -1.95. The first kappa shape index (κ1) is 14.0. The minimum atomic E-state index is -0.352. The van der Waals surface area contributed by atoms with Crippen LogP contribution < -0.4 is 5.56 Å². The predicted molar refractivity (Wildman–Crippen MR) is 81.6 cm³/mol. The molecule has 2 aromatic heterocycles. The predicted octanol–water partition coefficient (Wildman–Crippen LogP) is 2.21. The van der Waals surface area contributed by atoms with Gasteiger partial charge >= 0.3 is 0 Å². The molecule has 21 heavy (non-hydrogen) atoms. The van der Waals surface area contributed by atoms with Crippen molar-refractivity contribution >= 4 is 17.7 Å². The third kappa shape index (κ3) is 2.76. The summed E-state index contributed by atoms with van der Waals surface area (Å²) in [5.41, 5.74) is -0.173. The van der Waals surface area contributed by atoms with Gasteiger partial charge in [-0.25, -0.2) is 0 Å². The van der Waals surface area contributed by atoms with Crippen molar-refractivity contribution in [1.29, 1.82) is 0 Å². The van der Waals surface area contributed by atoms with Crippen molar-refractivity contribution in [2.24, 2.45) is 0 Å². The lowest BCUT2D eigenvalue weighted by atomic mass is 10.1. The maximum absolute atomic E-state index is 12.7. The monoisotopic (exact) mass is 304 g/mol. The second kappa shape index (κ2) is 5.81. The van der Waals surface area contributed by atoms with Crippen LogP contribution in [0, 0.1) is 6.92 Å². The van der Waals surface area contributed by atoms with E-state index in [0.717, 1.165) is 23.0 Å². The smallest absolute Gasteiger partial charge is 0.260 e. The number of thioether (sulfide) groups is 1. The van der Waals surface area contributed by atoms with E-state index in [4.69, 9.17) is 4.42 Å². The van der Waals surface area contributed by atoms with Gasteiger partial charge in [0, 0.05) is 24.2 Å². The fraction of sp³-hybridized carbons (Fsp3) is 0.333. The van der Waals surface area contributed by atoms with E-state index in [1.165, 1.54) is 6.20 Å². The van der Waals surface area contributed by atoms with Crippen LogP contribution >= 0.6 is 11.8 Å². The van der Waals surface area contributed by atoms with Crippen molar-refractivity contribution < 1.29 is 9.21 Å². The lowest BCUT2D eigenvalue weighted by Crippen LogP contribution is -2.42. The van der Waals surface area contributed by atoms with Crippen LogP contribution in [0.1, 0.15) is 27.9 Å². The van der Waals surface area contributed by atoms with Gasteiger partial charge < -0.3 is 14.3 Å². The van der Waals surface area contributed by atoms with Crippen molar-refractivity contribution in [3.8, 4) is 0 Å². The second-order valence-electron chi connectivity index (χ2n) is 4.95. The third-order valence-electron chi connectivity index (χ3n) is 3.53. The summed E-state index contributed by atoms with van der Waals surface area (Å²) in [4.78, 5) is 28.8. The number of nitrogens with one attached hydrogen (secondary N) is 1. The summed E-state index contributed by atoms with van der Waals surface area (Å²) in [5.74, 6) is 3.01. The Labute approximate surface area is 126 Å². The average Bonchev–Trinajstić information content (AvgIpc) is 2.93. The molecule has 1 atom stereocenters. The maximum Gasteiger partial charge on any atom is 0.260 e. The fourth-order valence-electron chi connectivity index (χ4n) is 2.46. The Kier molecular flexibility index (Phi) is 3.88. The Bertz CT molecular complexity index is 707. The summed E-state index contributed by atoms with van der Waals surface area (Å²) in [6.07, 6.45) is 1.53. The van der Waals surface area contributed by atoms with E-state index in [-0.39, 0.29) is 23.1 Å². The highest BCUT2D eigenvalue weighted by Gasteiger charge is 2.31. The number of carbonyl (C=O) groups is 1. The molecule has 1 saturated heterocycles. The number of carbonyl (C=O) groups excluding carboxylic acids is 1. The minimum absolute atomic E-state index is 0.121. The molecule has 1 amide bonds. The van der Waals surface area contributed by atoms with E-state index in [2.05, 4.69) is 4.98 Å². The van der Waals surface area contributed by atoms with E-state index < -0.39 is 0 Å². The highest BCUT2D eigenvalue weighted by atomic mass is 32.2. The number of aryl methyl sites for hydroxylation is 1. The zero-order valence-electron chi connectivity index (χ0n) is 11.7. The van der Waals surface area contributed by atoms with Crippen molar-refractivity contribution in [2.75, 3.05) is 18.1 Å². The molecule has 0 saturated carbocycles. The number of furan rings is 1. The minimum Gasteiger partial charge on any atom is -0.464 e. The van der Waals surface area contributed by atoms with Crippen LogP contribution in [0.15, 0.2) is 39.7 Å². The molecule has 5 nitrogen and oxygen atoms in total. The Morgan fingerprint density at radius 2 is 2.29 bits per heavy atom. The molecule has 0 radical (unpaired) electrons. The van der Waals surface area contributed by atoms with E-state index in [1.807, 2.05) is 19.1 Å². The van der Waals surface area contributed by atoms with Crippen LogP contribution in [0.4, 0.5) is 0 Å². The summed E-state index contributed by atoms with van der Waals surface area (Å²) in [6.45, 7) is 2.50. The van der Waals surface area contributed by atoms with Crippen molar-refractivity contribution in [3.63, 3.8) is 0 Å². The van der Waals surface area contributed by atoms with Crippen LogP contribution in [0.2, 0.25) is 0 Å². The van der Waals surface area contributed by atoms with Crippen LogP contribution in [-0.2, 0) is 0 Å². The molecule has 1 unspecified atom stereocenters. The highest BCUT2D eigenvalue weighted by molar-refractivity contribution is 7.99. The molecule has 1 aliphatic rings. The number of hydrogen-bond donors (Lipinski definition) is 1. The molecule has 6 heteroatoms. The molecule has 2 aromatic rings. The summed E-state index contributed by atoms with van der Waals surface area (Å²) in [6, 6.07) is 6.91. The Balaban J connectivity index is 1.93. The molecule has 0 aromatic carbocycles. The molecule has 0 spiro atoms. The first-order valence-electron chi connectivity index (χ1n) is 6.79. The second-order valence-corrected chi connectivity index (χ2v) is 6.10. The van der Waals surface area contributed by atoms with Gasteiger partial charge in [0.05, 0.1) is 6.04 Å². The van der Waals surface area contributed by atoms with Crippen LogP contribution in [0.25, 0.3) is 0 Å². The number of H-pyrrole nitrogens is 1. The van der Waals surface area contributed by atoms with Gasteiger partial charge in [-0.15, -0.1) is 0 Å². The molecule has 0 bridgehead atoms. The quantitative estimate of drug-likeness (QED) is 0.923. The summed E-state index contributed by atoms with van der Waals surface area (Å²) in [7, 11) is 0. The molecule has 110 valence electrons. The molecule has 1 N–H and O–H groups in total. The normalized spacial score (nSPS) is 18.7. The number of amides is 1. The average molecular weight is 304 g/mol. The fourth-order valence-corrected chi connectivity index (χ4v) is 3.52. The summed E-state index contributed by atoms with van der Waals surface area (Å²) in [5, 5.41) is 0. The number of nitrogens with zero attached hydrogens (tertiary/aromatic N) is 1. The third-order valence-corrected chi connectivity index (χ3v) is 4.55. The molecular formula is C15H16N2O3S. The van der Waals surface area contributed by atoms with Gasteiger partial charge in [-0.1, -0.05) is 0 Å². The van der Waals surface area contributed by atoms with Gasteiger partial charge in [-0.2, -0.15) is 11.8 Å². The first-order chi connectivity index (χ1) is 10.2. The van der Waals surface area contributed by atoms with E-state index >= 15 is 0 Å². The number of aromatic nitrogens is 1. The Morgan fingerprint density at radius 1 is 1.43 bits per heavy atom. The van der Waals surface area contributed by atoms with Gasteiger partial charge in [0.1, 0.15) is 17.1 Å². The first-order valence-corrected chi connectivity index (χ1v) is 7.95. The van der Waals surface area contributed by atoms with E-state index in [9.17, 15) is 9.59 Å². The van der Waals surface area contributed by atoms with Crippen LogP contribution in [-0.4, -0.2) is 33.8 Å². The largest absolute Gasteiger partial charge is 0.464 e. The zero-order chi connectivity index (χ0) is 14.8. The molecule has 3 rings (SSSR count). The number of aromatic amines is 1. The van der Waals surface area contributed by atoms with E-state index in [0.29, 0.717) is 6.54 Å². The van der Waals surface area contributed by atoms with Gasteiger partial charge in [0.15, 0.2) is 0 Å². The SMILES string of the molecule is Cc1ccc(C2CSCCN2C(=O)c2ccc[nH]c2=O)o1. The molecule has 1 fully saturated rings. The molecule has 3 heterocycles. The lowest BCUT2D eigenvalue weighted by molar-refractivity contribution is 0.0679. The Morgan fingerprint density at radius 3 is 3.00 bits per heavy atom. The number of pyridine rings is 1. The zero-order valence-corrected chi connectivity index (χ0v) is 12.5. The van der Waals surface area contributed by atoms with Gasteiger partial charge in [-0.05, 0) is 31.2 Å². The van der Waals surface area contributed by atoms with Gasteiger partial charge in [-0.3, -0.25) is 9.59 Å². The maximum atomic E-state index is 12.7. The summed E-state index contributed by atoms with van der Waals surface area (Å²) < 4.78 is 5.68. The van der Waals surface area contributed by atoms with Gasteiger partial charge in [0.2, 0.25) is 0 Å². The van der Waals surface area contributed by atoms with E-state index in [1.54, 1.807) is 28.8 Å².